The van der Waals surface area contributed by atoms with Crippen LogP contribution in [0, 0.1) is 11.2 Å². The lowest BCUT2D eigenvalue weighted by atomic mass is 9.86. The molecule has 0 bridgehead atoms. The second kappa shape index (κ2) is 8.27. The van der Waals surface area contributed by atoms with Crippen LogP contribution in [-0.4, -0.2) is 38.6 Å². The Bertz CT molecular complexity index is 1250. The Balaban J connectivity index is 1.76. The third-order valence-corrected chi connectivity index (χ3v) is 7.13. The molecule has 0 saturated carbocycles. The maximum absolute atomic E-state index is 13.8. The first-order valence-electron chi connectivity index (χ1n) is 10.3. The number of amidine groups is 1. The summed E-state index contributed by atoms with van der Waals surface area (Å²) in [5, 5.41) is 6.62. The summed E-state index contributed by atoms with van der Waals surface area (Å²) in [6.07, 6.45) is 5.02. The molecule has 0 unspecified atom stereocenters. The number of fused-ring (bicyclic) bond motifs is 1. The van der Waals surface area contributed by atoms with Crippen LogP contribution in [0.1, 0.15) is 42.1 Å². The minimum Gasteiger partial charge on any atom is -0.330 e. The molecule has 0 radical (unpaired) electrons. The summed E-state index contributed by atoms with van der Waals surface area (Å²) in [4.78, 5) is 11.5. The van der Waals surface area contributed by atoms with Crippen molar-refractivity contribution in [2.45, 2.75) is 25.9 Å². The lowest BCUT2D eigenvalue weighted by Crippen LogP contribution is -2.36. The summed E-state index contributed by atoms with van der Waals surface area (Å²) >= 11 is 7.90. The topological polar surface area (TPSA) is 72.3 Å². The number of halogens is 4. The molecule has 1 saturated heterocycles. The highest BCUT2D eigenvalue weighted by Gasteiger charge is 2.44. The second-order valence-electron chi connectivity index (χ2n) is 8.48. The number of alkyl halides is 2. The van der Waals surface area contributed by atoms with Crippen molar-refractivity contribution in [2.24, 2.45) is 16.1 Å². The van der Waals surface area contributed by atoms with Gasteiger partial charge in [0.25, 0.3) is 0 Å². The average Bonchev–Trinajstić information content (AvgIpc) is 3.52. The van der Waals surface area contributed by atoms with E-state index in [4.69, 9.17) is 22.3 Å². The van der Waals surface area contributed by atoms with Crippen molar-refractivity contribution in [1.29, 1.82) is 0 Å². The van der Waals surface area contributed by atoms with E-state index in [1.165, 1.54) is 35.9 Å². The Morgan fingerprint density at radius 3 is 2.82 bits per heavy atom. The summed E-state index contributed by atoms with van der Waals surface area (Å²) in [6, 6.07) is 3.47. The fourth-order valence-electron chi connectivity index (χ4n) is 4.39. The van der Waals surface area contributed by atoms with E-state index >= 15 is 0 Å². The smallest absolute Gasteiger partial charge is 0.330 e. The third-order valence-electron chi connectivity index (χ3n) is 6.04. The molecule has 4 heterocycles. The number of rotatable bonds is 5. The monoisotopic (exact) mass is 492 g/mol. The first kappa shape index (κ1) is 22.1. The molecule has 2 aliphatic heterocycles. The number of hydrogen-bond acceptors (Lipinski definition) is 6. The zero-order chi connectivity index (χ0) is 23.3. The van der Waals surface area contributed by atoms with E-state index in [2.05, 4.69) is 21.9 Å². The van der Waals surface area contributed by atoms with Crippen molar-refractivity contribution in [1.82, 2.24) is 19.7 Å². The number of nitrogens with zero attached hydrogens (tertiary/aromatic N) is 5. The van der Waals surface area contributed by atoms with Gasteiger partial charge in [0.15, 0.2) is 10.8 Å². The molecule has 0 amide bonds. The lowest BCUT2D eigenvalue weighted by molar-refractivity contribution is 0.0566. The maximum Gasteiger partial charge on any atom is 0.333 e. The number of thiazole rings is 1. The summed E-state index contributed by atoms with van der Waals surface area (Å²) in [5.41, 5.74) is 8.55. The van der Waals surface area contributed by atoms with E-state index in [1.54, 1.807) is 12.3 Å². The number of allylic oxidation sites excluding steroid dienone is 1. The van der Waals surface area contributed by atoms with Gasteiger partial charge in [-0.2, -0.15) is 13.9 Å². The number of hydrogen-bond donors (Lipinski definition) is 1. The highest BCUT2D eigenvalue weighted by Crippen LogP contribution is 2.50. The number of aromatic nitrogens is 3. The molecular formula is C22H20ClF3N6S. The van der Waals surface area contributed by atoms with Crippen molar-refractivity contribution >= 4 is 34.3 Å². The molecule has 5 rings (SSSR count). The lowest BCUT2D eigenvalue weighted by Gasteiger charge is -2.32. The van der Waals surface area contributed by atoms with E-state index in [0.29, 0.717) is 46.7 Å². The Hall–Kier alpha value is -2.69. The van der Waals surface area contributed by atoms with Crippen molar-refractivity contribution in [3.8, 4) is 0 Å². The SMILES string of the molecule is C[C@]1(CN)CC2=C(c3cnn(C(F)F)c3)[C@H](c3ccc(F)cc3Cl)N=C(c3nccs3)N2C1. The van der Waals surface area contributed by atoms with Gasteiger partial charge in [-0.1, -0.05) is 24.6 Å². The van der Waals surface area contributed by atoms with Gasteiger partial charge >= 0.3 is 6.55 Å². The molecule has 2 atom stereocenters. The molecule has 0 spiro atoms. The Morgan fingerprint density at radius 2 is 2.18 bits per heavy atom. The van der Waals surface area contributed by atoms with Crippen LogP contribution in [-0.2, 0) is 0 Å². The molecule has 172 valence electrons. The van der Waals surface area contributed by atoms with Crippen LogP contribution in [0.25, 0.3) is 5.57 Å². The standard InChI is InChI=1S/C22H20ClF3N6S/c1-22(10-27)7-16-17(12-8-29-32(9-12)21(25)26)18(14-3-2-13(24)6-15(14)23)30-19(31(16)11-22)20-28-4-5-33-20/h2-6,8-9,18,21H,7,10-11,27H2,1H3/t18-,22+/m0/s1. The van der Waals surface area contributed by atoms with Gasteiger partial charge in [-0.3, -0.25) is 4.99 Å². The number of nitrogens with two attached hydrogens (primary N) is 1. The van der Waals surface area contributed by atoms with Crippen LogP contribution in [0.5, 0.6) is 0 Å². The van der Waals surface area contributed by atoms with Crippen LogP contribution >= 0.6 is 22.9 Å². The highest BCUT2D eigenvalue weighted by atomic mass is 35.5. The van der Waals surface area contributed by atoms with Crippen LogP contribution in [0.3, 0.4) is 0 Å². The molecule has 2 aliphatic rings. The zero-order valence-electron chi connectivity index (χ0n) is 17.6. The predicted molar refractivity (Wildman–Crippen MR) is 122 cm³/mol. The van der Waals surface area contributed by atoms with Gasteiger partial charge in [0.1, 0.15) is 11.9 Å². The molecule has 3 aromatic rings. The minimum absolute atomic E-state index is 0.203. The Labute approximate surface area is 197 Å². The third kappa shape index (κ3) is 3.85. The van der Waals surface area contributed by atoms with Gasteiger partial charge in [-0.15, -0.1) is 11.3 Å². The molecule has 11 heteroatoms. The molecule has 6 nitrogen and oxygen atoms in total. The van der Waals surface area contributed by atoms with Crippen LogP contribution in [0.4, 0.5) is 13.2 Å². The van der Waals surface area contributed by atoms with Crippen LogP contribution in [0.15, 0.2) is 52.9 Å². The van der Waals surface area contributed by atoms with Crippen molar-refractivity contribution in [2.75, 3.05) is 13.1 Å². The summed E-state index contributed by atoms with van der Waals surface area (Å²) in [6.45, 7) is 0.346. The maximum atomic E-state index is 13.8. The van der Waals surface area contributed by atoms with E-state index in [1.807, 2.05) is 5.38 Å². The Kier molecular flexibility index (Phi) is 5.54. The van der Waals surface area contributed by atoms with E-state index in [-0.39, 0.29) is 10.4 Å². The summed E-state index contributed by atoms with van der Waals surface area (Å²) in [5.74, 6) is 0.189. The summed E-state index contributed by atoms with van der Waals surface area (Å²) < 4.78 is 41.1. The van der Waals surface area contributed by atoms with Gasteiger partial charge in [0.2, 0.25) is 0 Å². The molecule has 0 aliphatic carbocycles. The van der Waals surface area contributed by atoms with Gasteiger partial charge in [-0.05, 0) is 30.7 Å². The van der Waals surface area contributed by atoms with Gasteiger partial charge in [-0.25, -0.2) is 14.1 Å². The fourth-order valence-corrected chi connectivity index (χ4v) is 5.30. The van der Waals surface area contributed by atoms with Gasteiger partial charge < -0.3 is 10.6 Å². The fraction of sp³-hybridized carbons (Fsp3) is 0.318. The van der Waals surface area contributed by atoms with E-state index < -0.39 is 18.4 Å². The van der Waals surface area contributed by atoms with Crippen molar-refractivity contribution < 1.29 is 13.2 Å². The van der Waals surface area contributed by atoms with Crippen LogP contribution in [0.2, 0.25) is 5.02 Å². The Morgan fingerprint density at radius 1 is 1.36 bits per heavy atom. The number of aliphatic imine (C=N–C) groups is 1. The summed E-state index contributed by atoms with van der Waals surface area (Å²) in [7, 11) is 0. The molecule has 1 aromatic carbocycles. The molecule has 2 aromatic heterocycles. The first-order valence-corrected chi connectivity index (χ1v) is 11.5. The molecular weight excluding hydrogens is 473 g/mol. The predicted octanol–water partition coefficient (Wildman–Crippen LogP) is 5.11. The minimum atomic E-state index is -2.77. The zero-order valence-corrected chi connectivity index (χ0v) is 19.1. The quantitative estimate of drug-likeness (QED) is 0.537. The second-order valence-corrected chi connectivity index (χ2v) is 9.78. The van der Waals surface area contributed by atoms with E-state index in [0.717, 1.165) is 10.7 Å². The van der Waals surface area contributed by atoms with Gasteiger partial charge in [0, 0.05) is 51.6 Å². The van der Waals surface area contributed by atoms with E-state index in [9.17, 15) is 13.2 Å². The van der Waals surface area contributed by atoms with Crippen LogP contribution < -0.4 is 5.73 Å². The normalized spacial score (nSPS) is 22.8. The van der Waals surface area contributed by atoms with Crippen molar-refractivity contribution in [3.05, 3.63) is 74.8 Å². The highest BCUT2D eigenvalue weighted by molar-refractivity contribution is 7.11. The first-order chi connectivity index (χ1) is 15.8. The molecule has 1 fully saturated rings. The molecule has 33 heavy (non-hydrogen) atoms. The van der Waals surface area contributed by atoms with Gasteiger partial charge in [0.05, 0.1) is 6.20 Å². The largest absolute Gasteiger partial charge is 0.333 e. The molecule has 2 N–H and O–H groups in total. The average molecular weight is 493 g/mol. The number of benzene rings is 1. The van der Waals surface area contributed by atoms with Crippen molar-refractivity contribution in [3.63, 3.8) is 0 Å².